The number of anilines is 3. The molecular formula is C72H82N2O8. The molecule has 2 fully saturated rings. The molecule has 4 aliphatic carbocycles. The van der Waals surface area contributed by atoms with Crippen molar-refractivity contribution in [1.82, 2.24) is 4.57 Å². The van der Waals surface area contributed by atoms with Crippen molar-refractivity contribution in [1.29, 1.82) is 0 Å². The first-order chi connectivity index (χ1) is 39.8. The maximum absolute atomic E-state index is 12.4. The Labute approximate surface area is 485 Å². The standard InChI is InChI=1S/C72H82N2O8/c1-51-46-53(50-78-43-17-19-45-80-69(76)82-72(5)40-14-7-15-41-72)26-36-65(51)74-66-23-11-9-21-61(66)62-47-55(29-37-67(62)74)54-27-32-57(33-28-54)73(58-34-35-60-59-20-8-10-22-63(59)70(2,3)64(60)48-58)56-30-24-52(25-31-56)49-77-42-16-18-44-79-68(75)81-71(4)38-12-6-13-39-71/h8-11,20-37,47-48,51H,6-7,12-19,38-46,49-50H2,1-5H3. The van der Waals surface area contributed by atoms with Gasteiger partial charge in [-0.1, -0.05) is 119 Å². The zero-order valence-electron chi connectivity index (χ0n) is 48.9. The lowest BCUT2D eigenvalue weighted by Crippen LogP contribution is -2.34. The molecular weight excluding hydrogens is 1020 g/mol. The second-order valence-corrected chi connectivity index (χ2v) is 24.5. The van der Waals surface area contributed by atoms with Gasteiger partial charge in [0, 0.05) is 58.1 Å². The number of carbonyl (C=O) groups excluding carboxylic acids is 2. The number of hydrogen-bond donors (Lipinski definition) is 0. The lowest BCUT2D eigenvalue weighted by atomic mass is 9.82. The average Bonchev–Trinajstić information content (AvgIpc) is 3.91. The van der Waals surface area contributed by atoms with Crippen molar-refractivity contribution < 1.29 is 38.0 Å². The van der Waals surface area contributed by atoms with E-state index in [1.807, 2.05) is 13.8 Å². The van der Waals surface area contributed by atoms with Crippen LogP contribution >= 0.6 is 0 Å². The van der Waals surface area contributed by atoms with Crippen LogP contribution in [0.4, 0.5) is 26.7 Å². The first-order valence-electron chi connectivity index (χ1n) is 30.4. The average molecular weight is 1100 g/mol. The molecule has 1 atom stereocenters. The maximum Gasteiger partial charge on any atom is 0.508 e. The number of allylic oxidation sites excluding steroid dienone is 3. The Morgan fingerprint density at radius 3 is 1.73 bits per heavy atom. The van der Waals surface area contributed by atoms with E-state index in [1.54, 1.807) is 0 Å². The van der Waals surface area contributed by atoms with Crippen LogP contribution in [0.25, 0.3) is 49.8 Å². The highest BCUT2D eigenvalue weighted by molar-refractivity contribution is 6.11. The minimum Gasteiger partial charge on any atom is -0.434 e. The summed E-state index contributed by atoms with van der Waals surface area (Å²) in [5.41, 5.74) is 16.0. The first kappa shape index (κ1) is 56.7. The van der Waals surface area contributed by atoms with Crippen molar-refractivity contribution >= 4 is 56.9 Å². The normalized spacial score (nSPS) is 17.8. The second-order valence-electron chi connectivity index (χ2n) is 24.5. The largest absolute Gasteiger partial charge is 0.508 e. The smallest absolute Gasteiger partial charge is 0.434 e. The van der Waals surface area contributed by atoms with Crippen molar-refractivity contribution in [3.8, 4) is 22.3 Å². The molecule has 1 unspecified atom stereocenters. The van der Waals surface area contributed by atoms with Crippen LogP contribution in [0.15, 0.2) is 151 Å². The Kier molecular flexibility index (Phi) is 17.4. The molecule has 0 spiro atoms. The highest BCUT2D eigenvalue weighted by atomic mass is 16.7. The highest BCUT2D eigenvalue weighted by Gasteiger charge is 2.36. The second kappa shape index (κ2) is 25.2. The van der Waals surface area contributed by atoms with Crippen molar-refractivity contribution in [2.24, 2.45) is 5.92 Å². The predicted molar refractivity (Wildman–Crippen MR) is 330 cm³/mol. The SMILES string of the molecule is CC1CC(COCCCCOC(=O)OC2(C)CCCCC2)=CC=C1n1c2ccccc2c2cc(-c3ccc(N(c4ccc(COCCCCOC(=O)OC5(C)CCCCC5)cc4)c4ccc5c(c4)C(C)(C)c4ccccc4-5)cc3)ccc21. The van der Waals surface area contributed by atoms with E-state index in [4.69, 9.17) is 28.4 Å². The number of unbranched alkanes of at least 4 members (excludes halogenated alkanes) is 2. The number of rotatable bonds is 21. The summed E-state index contributed by atoms with van der Waals surface area (Å²) in [4.78, 5) is 27.0. The Bertz CT molecular complexity index is 3430. The summed E-state index contributed by atoms with van der Waals surface area (Å²) in [5.74, 6) is 0.288. The molecule has 10 heteroatoms. The van der Waals surface area contributed by atoms with Gasteiger partial charge < -0.3 is 37.9 Å². The Balaban J connectivity index is 0.759. The van der Waals surface area contributed by atoms with E-state index in [0.717, 1.165) is 112 Å². The number of fused-ring (bicyclic) bond motifs is 6. The van der Waals surface area contributed by atoms with Crippen molar-refractivity contribution in [3.63, 3.8) is 0 Å². The number of ether oxygens (including phenoxy) is 6. The van der Waals surface area contributed by atoms with Crippen molar-refractivity contribution in [3.05, 3.63) is 168 Å². The zero-order chi connectivity index (χ0) is 56.7. The van der Waals surface area contributed by atoms with E-state index >= 15 is 0 Å². The van der Waals surface area contributed by atoms with E-state index in [-0.39, 0.29) is 16.9 Å². The molecule has 1 aromatic heterocycles. The highest BCUT2D eigenvalue weighted by Crippen LogP contribution is 2.51. The molecule has 428 valence electrons. The molecule has 0 bridgehead atoms. The fourth-order valence-corrected chi connectivity index (χ4v) is 13.2. The van der Waals surface area contributed by atoms with E-state index in [9.17, 15) is 9.59 Å². The van der Waals surface area contributed by atoms with Crippen LogP contribution in [0.3, 0.4) is 0 Å². The molecule has 2 saturated carbocycles. The fraction of sp³-hybridized carbons (Fsp3) is 0.417. The molecule has 4 aliphatic rings. The Morgan fingerprint density at radius 2 is 1.07 bits per heavy atom. The van der Waals surface area contributed by atoms with Crippen LogP contribution in [-0.4, -0.2) is 61.1 Å². The van der Waals surface area contributed by atoms with Gasteiger partial charge in [-0.25, -0.2) is 9.59 Å². The van der Waals surface area contributed by atoms with Gasteiger partial charge in [0.25, 0.3) is 0 Å². The number of aromatic nitrogens is 1. The minimum absolute atomic E-state index is 0.144. The fourth-order valence-electron chi connectivity index (χ4n) is 13.2. The summed E-state index contributed by atoms with van der Waals surface area (Å²) in [7, 11) is 0. The van der Waals surface area contributed by atoms with Crippen LogP contribution in [0.2, 0.25) is 0 Å². The van der Waals surface area contributed by atoms with E-state index in [2.05, 4.69) is 176 Å². The quantitative estimate of drug-likeness (QED) is 0.0515. The van der Waals surface area contributed by atoms with Crippen molar-refractivity contribution in [2.75, 3.05) is 37.9 Å². The zero-order valence-corrected chi connectivity index (χ0v) is 48.9. The lowest BCUT2D eigenvalue weighted by Gasteiger charge is -2.32. The van der Waals surface area contributed by atoms with Gasteiger partial charge in [0.1, 0.15) is 11.2 Å². The summed E-state index contributed by atoms with van der Waals surface area (Å²) in [6.45, 7) is 14.0. The molecule has 11 rings (SSSR count). The Hall–Kier alpha value is -7.14. The van der Waals surface area contributed by atoms with Crippen molar-refractivity contribution in [2.45, 2.75) is 154 Å². The molecule has 82 heavy (non-hydrogen) atoms. The van der Waals surface area contributed by atoms with Crippen LogP contribution in [0.5, 0.6) is 0 Å². The molecule has 0 aliphatic heterocycles. The van der Waals surface area contributed by atoms with E-state index in [0.29, 0.717) is 39.6 Å². The molecule has 0 amide bonds. The minimum atomic E-state index is -0.557. The predicted octanol–water partition coefficient (Wildman–Crippen LogP) is 18.9. The van der Waals surface area contributed by atoms with Gasteiger partial charge >= 0.3 is 12.3 Å². The number of carbonyl (C=O) groups is 2. The van der Waals surface area contributed by atoms with Gasteiger partial charge in [-0.05, 0) is 203 Å². The van der Waals surface area contributed by atoms with Crippen LogP contribution in [-0.2, 0) is 40.4 Å². The molecule has 1 heterocycles. The van der Waals surface area contributed by atoms with Gasteiger partial charge in [-0.2, -0.15) is 0 Å². The van der Waals surface area contributed by atoms with Gasteiger partial charge in [-0.15, -0.1) is 0 Å². The third-order valence-corrected chi connectivity index (χ3v) is 17.8. The summed E-state index contributed by atoms with van der Waals surface area (Å²) < 4.78 is 36.9. The molecule has 0 radical (unpaired) electrons. The summed E-state index contributed by atoms with van der Waals surface area (Å²) in [6, 6.07) is 49.2. The van der Waals surface area contributed by atoms with E-state index in [1.165, 1.54) is 73.7 Å². The topological polar surface area (TPSA) is 97.7 Å². The molecule has 7 aromatic rings. The van der Waals surface area contributed by atoms with Crippen LogP contribution in [0.1, 0.15) is 148 Å². The third-order valence-electron chi connectivity index (χ3n) is 17.8. The van der Waals surface area contributed by atoms with Gasteiger partial charge in [0.2, 0.25) is 0 Å². The number of hydrogen-bond acceptors (Lipinski definition) is 9. The van der Waals surface area contributed by atoms with Gasteiger partial charge in [-0.3, -0.25) is 0 Å². The molecule has 0 saturated heterocycles. The Morgan fingerprint density at radius 1 is 0.524 bits per heavy atom. The number of nitrogens with zero attached hydrogens (tertiary/aromatic N) is 2. The van der Waals surface area contributed by atoms with Gasteiger partial charge in [0.05, 0.1) is 37.5 Å². The molecule has 10 nitrogen and oxygen atoms in total. The van der Waals surface area contributed by atoms with E-state index < -0.39 is 17.9 Å². The van der Waals surface area contributed by atoms with Gasteiger partial charge in [0.15, 0.2) is 0 Å². The maximum atomic E-state index is 12.4. The first-order valence-corrected chi connectivity index (χ1v) is 30.4. The number of para-hydroxylation sites is 1. The van der Waals surface area contributed by atoms with Crippen LogP contribution < -0.4 is 4.90 Å². The third kappa shape index (κ3) is 12.7. The summed E-state index contributed by atoms with van der Waals surface area (Å²) in [6.07, 6.45) is 17.8. The number of benzene rings is 6. The van der Waals surface area contributed by atoms with Crippen LogP contribution in [0, 0.1) is 5.92 Å². The monoisotopic (exact) mass is 1100 g/mol. The lowest BCUT2D eigenvalue weighted by molar-refractivity contribution is -0.0456. The molecule has 6 aromatic carbocycles. The summed E-state index contributed by atoms with van der Waals surface area (Å²) >= 11 is 0. The summed E-state index contributed by atoms with van der Waals surface area (Å²) in [5, 5.41) is 2.46. The molecule has 0 N–H and O–H groups in total.